The van der Waals surface area contributed by atoms with Crippen LogP contribution >= 0.6 is 67.9 Å². The van der Waals surface area contributed by atoms with Gasteiger partial charge in [-0.3, -0.25) is 0 Å². The van der Waals surface area contributed by atoms with Crippen LogP contribution in [-0.4, -0.2) is 51.9 Å². The zero-order valence-corrected chi connectivity index (χ0v) is 21.8. The fourth-order valence-corrected chi connectivity index (χ4v) is 1.81. The Morgan fingerprint density at radius 3 is 1.39 bits per heavy atom. The molecule has 0 rings (SSSR count). The molecule has 0 aliphatic rings. The second-order valence-electron chi connectivity index (χ2n) is 5.18. The molecule has 0 amide bonds. The van der Waals surface area contributed by atoms with Gasteiger partial charge < -0.3 is 21.3 Å². The summed E-state index contributed by atoms with van der Waals surface area (Å²) in [6.07, 6.45) is 4.88. The van der Waals surface area contributed by atoms with Crippen LogP contribution in [0.15, 0.2) is 0 Å². The first-order chi connectivity index (χ1) is 9.31. The molecule has 148 valence electrons. The topological polar surface area (TPSA) is 48.1 Å². The SMILES string of the molecule is Br.Br.Br.Br.CCNCCCNCCCNCCCNC(C)CC. The van der Waals surface area contributed by atoms with Gasteiger partial charge in [-0.05, 0) is 78.4 Å². The van der Waals surface area contributed by atoms with Crippen LogP contribution in [0.2, 0.25) is 0 Å². The van der Waals surface area contributed by atoms with Gasteiger partial charge in [0.15, 0.2) is 0 Å². The average molecular weight is 596 g/mol. The fourth-order valence-electron chi connectivity index (χ4n) is 1.81. The first-order valence-electron chi connectivity index (χ1n) is 8.16. The number of halogens is 4. The minimum atomic E-state index is 0. The Hall–Kier alpha value is 1.76. The van der Waals surface area contributed by atoms with Gasteiger partial charge >= 0.3 is 0 Å². The summed E-state index contributed by atoms with van der Waals surface area (Å²) in [6, 6.07) is 0.659. The highest BCUT2D eigenvalue weighted by atomic mass is 79.9. The molecule has 4 nitrogen and oxygen atoms in total. The van der Waals surface area contributed by atoms with Crippen LogP contribution in [0, 0.1) is 0 Å². The Morgan fingerprint density at radius 1 is 0.609 bits per heavy atom. The molecule has 23 heavy (non-hydrogen) atoms. The van der Waals surface area contributed by atoms with Gasteiger partial charge in [0.2, 0.25) is 0 Å². The third-order valence-corrected chi connectivity index (χ3v) is 3.30. The second-order valence-corrected chi connectivity index (χ2v) is 5.18. The maximum Gasteiger partial charge on any atom is 0.00361 e. The molecule has 0 radical (unpaired) electrons. The molecular formula is C15H40Br4N4. The van der Waals surface area contributed by atoms with Crippen molar-refractivity contribution in [3.63, 3.8) is 0 Å². The molecule has 0 fully saturated rings. The number of hydrogen-bond donors (Lipinski definition) is 4. The van der Waals surface area contributed by atoms with Crippen LogP contribution in [0.3, 0.4) is 0 Å². The predicted octanol–water partition coefficient (Wildman–Crippen LogP) is 3.65. The zero-order valence-electron chi connectivity index (χ0n) is 15.0. The standard InChI is InChI=1S/C15H36N4.4BrH/c1-4-15(3)19-14-8-13-18-12-7-11-17-10-6-9-16-5-2;;;;/h15-19H,4-14H2,1-3H3;4*1H. The summed E-state index contributed by atoms with van der Waals surface area (Å²) >= 11 is 0. The Bertz CT molecular complexity index is 180. The summed E-state index contributed by atoms with van der Waals surface area (Å²) in [5, 5.41) is 13.8. The number of rotatable bonds is 15. The van der Waals surface area contributed by atoms with E-state index in [1.807, 2.05) is 0 Å². The third-order valence-electron chi connectivity index (χ3n) is 3.30. The van der Waals surface area contributed by atoms with Crippen molar-refractivity contribution >= 4 is 67.9 Å². The molecule has 8 heteroatoms. The van der Waals surface area contributed by atoms with Crippen molar-refractivity contribution in [1.82, 2.24) is 21.3 Å². The van der Waals surface area contributed by atoms with Gasteiger partial charge in [0.05, 0.1) is 0 Å². The first kappa shape index (κ1) is 35.8. The summed E-state index contributed by atoms with van der Waals surface area (Å²) in [6.45, 7) is 14.5. The Labute approximate surface area is 186 Å². The molecule has 0 aromatic carbocycles. The molecule has 4 N–H and O–H groups in total. The van der Waals surface area contributed by atoms with E-state index >= 15 is 0 Å². The lowest BCUT2D eigenvalue weighted by Gasteiger charge is -2.11. The van der Waals surface area contributed by atoms with E-state index in [1.165, 1.54) is 25.7 Å². The van der Waals surface area contributed by atoms with Crippen molar-refractivity contribution in [3.8, 4) is 0 Å². The molecule has 0 bridgehead atoms. The van der Waals surface area contributed by atoms with E-state index < -0.39 is 0 Å². The minimum Gasteiger partial charge on any atom is -0.317 e. The van der Waals surface area contributed by atoms with E-state index in [9.17, 15) is 0 Å². The average Bonchev–Trinajstić information content (AvgIpc) is 2.43. The van der Waals surface area contributed by atoms with E-state index in [2.05, 4.69) is 42.0 Å². The zero-order chi connectivity index (χ0) is 14.2. The second kappa shape index (κ2) is 31.5. The van der Waals surface area contributed by atoms with Crippen molar-refractivity contribution in [2.24, 2.45) is 0 Å². The van der Waals surface area contributed by atoms with E-state index in [4.69, 9.17) is 0 Å². The highest BCUT2D eigenvalue weighted by Crippen LogP contribution is 1.87. The van der Waals surface area contributed by atoms with Crippen LogP contribution < -0.4 is 21.3 Å². The lowest BCUT2D eigenvalue weighted by molar-refractivity contribution is 0.507. The van der Waals surface area contributed by atoms with Crippen LogP contribution in [0.25, 0.3) is 0 Å². The smallest absolute Gasteiger partial charge is 0.00361 e. The molecule has 0 saturated heterocycles. The summed E-state index contributed by atoms with van der Waals surface area (Å²) in [4.78, 5) is 0. The molecule has 0 heterocycles. The van der Waals surface area contributed by atoms with E-state index in [0.29, 0.717) is 6.04 Å². The predicted molar refractivity (Wildman–Crippen MR) is 127 cm³/mol. The van der Waals surface area contributed by atoms with Gasteiger partial charge in [-0.25, -0.2) is 0 Å². The Balaban J connectivity index is -0.000000270. The highest BCUT2D eigenvalue weighted by molar-refractivity contribution is 8.93. The lowest BCUT2D eigenvalue weighted by Crippen LogP contribution is -2.29. The fraction of sp³-hybridized carbons (Fsp3) is 1.00. The molecule has 0 saturated carbocycles. The molecule has 1 atom stereocenters. The van der Waals surface area contributed by atoms with Crippen molar-refractivity contribution < 1.29 is 0 Å². The summed E-state index contributed by atoms with van der Waals surface area (Å²) in [5.41, 5.74) is 0. The minimum absolute atomic E-state index is 0. The van der Waals surface area contributed by atoms with Gasteiger partial charge in [-0.1, -0.05) is 13.8 Å². The molecular weight excluding hydrogens is 556 g/mol. The van der Waals surface area contributed by atoms with Crippen molar-refractivity contribution in [3.05, 3.63) is 0 Å². The lowest BCUT2D eigenvalue weighted by atomic mass is 10.2. The van der Waals surface area contributed by atoms with E-state index in [0.717, 1.165) is 45.8 Å². The van der Waals surface area contributed by atoms with Gasteiger partial charge in [-0.2, -0.15) is 0 Å². The maximum absolute atomic E-state index is 3.51. The third kappa shape index (κ3) is 32.0. The summed E-state index contributed by atoms with van der Waals surface area (Å²) < 4.78 is 0. The molecule has 0 aliphatic heterocycles. The van der Waals surface area contributed by atoms with Crippen molar-refractivity contribution in [1.29, 1.82) is 0 Å². The Morgan fingerprint density at radius 2 is 1.00 bits per heavy atom. The van der Waals surface area contributed by atoms with Crippen molar-refractivity contribution in [2.45, 2.75) is 52.5 Å². The van der Waals surface area contributed by atoms with Crippen LogP contribution in [0.5, 0.6) is 0 Å². The van der Waals surface area contributed by atoms with Crippen LogP contribution in [-0.2, 0) is 0 Å². The number of nitrogens with one attached hydrogen (secondary N) is 4. The maximum atomic E-state index is 3.51. The van der Waals surface area contributed by atoms with Gasteiger partial charge in [-0.15, -0.1) is 67.9 Å². The monoisotopic (exact) mass is 592 g/mol. The number of hydrogen-bond acceptors (Lipinski definition) is 4. The van der Waals surface area contributed by atoms with Crippen molar-refractivity contribution in [2.75, 3.05) is 45.8 Å². The summed E-state index contributed by atoms with van der Waals surface area (Å²) in [5.74, 6) is 0. The molecule has 0 aromatic rings. The van der Waals surface area contributed by atoms with E-state index in [-0.39, 0.29) is 67.9 Å². The van der Waals surface area contributed by atoms with E-state index in [1.54, 1.807) is 0 Å². The van der Waals surface area contributed by atoms with Crippen LogP contribution in [0.1, 0.15) is 46.5 Å². The first-order valence-corrected chi connectivity index (χ1v) is 8.16. The molecule has 0 spiro atoms. The highest BCUT2D eigenvalue weighted by Gasteiger charge is 1.95. The molecule has 0 aliphatic carbocycles. The molecule has 1 unspecified atom stereocenters. The van der Waals surface area contributed by atoms with Crippen LogP contribution in [0.4, 0.5) is 0 Å². The quantitative estimate of drug-likeness (QED) is 0.219. The van der Waals surface area contributed by atoms with Gasteiger partial charge in [0.1, 0.15) is 0 Å². The largest absolute Gasteiger partial charge is 0.317 e. The normalized spacial score (nSPS) is 10.6. The van der Waals surface area contributed by atoms with Gasteiger partial charge in [0.25, 0.3) is 0 Å². The summed E-state index contributed by atoms with van der Waals surface area (Å²) in [7, 11) is 0. The molecule has 0 aromatic heterocycles. The Kier molecular flexibility index (Phi) is 49.1. The van der Waals surface area contributed by atoms with Gasteiger partial charge in [0, 0.05) is 6.04 Å².